The second-order valence-electron chi connectivity index (χ2n) is 33.3. The molecule has 16 N–H and O–H groups in total. The number of piperidine rings is 1. The summed E-state index contributed by atoms with van der Waals surface area (Å²) in [5.41, 5.74) is 2.61. The van der Waals surface area contributed by atoms with E-state index in [1.54, 1.807) is 66.7 Å². The molecule has 1 saturated heterocycles. The van der Waals surface area contributed by atoms with E-state index in [1.165, 1.54) is 178 Å². The Kier molecular flexibility index (Phi) is 34.3. The summed E-state index contributed by atoms with van der Waals surface area (Å²) in [6.07, 6.45) is 7.11. The topological polar surface area (TPSA) is 575 Å². The lowest BCUT2D eigenvalue weighted by atomic mass is 10.1. The van der Waals surface area contributed by atoms with Crippen molar-refractivity contribution < 1.29 is 52.8 Å². The van der Waals surface area contributed by atoms with Gasteiger partial charge in [-0.3, -0.25) is 19.2 Å². The highest BCUT2D eigenvalue weighted by molar-refractivity contribution is 7.93. The van der Waals surface area contributed by atoms with E-state index in [-0.39, 0.29) is 79.7 Å². The number of rotatable bonds is 30. The number of likely N-dealkylation sites (N-methyl/N-ethyl adjacent to an activating group) is 1. The van der Waals surface area contributed by atoms with Gasteiger partial charge in [0.1, 0.15) is 16.8 Å². The molecule has 1 saturated carbocycles. The number of carbonyl (C=O) groups excluding carboxylic acids is 4. The number of halogens is 4. The van der Waals surface area contributed by atoms with Crippen LogP contribution in [0.5, 0.6) is 0 Å². The van der Waals surface area contributed by atoms with Crippen LogP contribution in [0, 0.1) is 5.92 Å². The molecule has 772 valence electrons. The molecule has 8 amide bonds. The Hall–Kier alpha value is -14.5. The number of amides is 8. The number of sulfonamides is 4. The van der Waals surface area contributed by atoms with Crippen LogP contribution in [0.4, 0.5) is 64.7 Å². The van der Waals surface area contributed by atoms with Gasteiger partial charge in [-0.25, -0.2) is 109 Å². The number of urea groups is 4. The normalized spacial score (nSPS) is 12.7. The maximum absolute atomic E-state index is 13.2. The SMILES string of the molecule is CCCNc1ccc2c(=O)n(-c3ccc(NC(=O)NS(=O)(=O)c4ccc(Cl)s4)cc3)c(=O)[nH]c2c1.CN(C)CCNc1ccc2c(=O)n(-c3ccc(NC(=O)NS(=O)(=O)c4ccc(Cl)s4)cc3)c(=O)[nH]c2c1.O=C(Nc1ccc(-n2c(=O)[nH]c3cc(NCC4CC4)ccc3c2=O)cc1)NS(=O)(=O)c1ccc(Cl)s1.O=C(Nc1ccc(-n2c(=O)[nH]c3cc(NCCN4CCCCC4)ccc3c2=O)cc1)NS(=O)(=O)c1ccc(Cl)s1. The quantitative estimate of drug-likeness (QED) is 0.0199. The third kappa shape index (κ3) is 27.5. The first-order valence-corrected chi connectivity index (χ1v) is 55.6. The lowest BCUT2D eigenvalue weighted by Gasteiger charge is -2.26. The van der Waals surface area contributed by atoms with E-state index in [4.69, 9.17) is 46.4 Å². The molecular formula is C94H90Cl4N22O20S8. The molecule has 42 nitrogen and oxygen atoms in total. The van der Waals surface area contributed by atoms with Crippen LogP contribution in [0.2, 0.25) is 17.3 Å². The Bertz CT molecular complexity index is 8770. The summed E-state index contributed by atoms with van der Waals surface area (Å²) in [6.45, 7) is 9.10. The molecule has 0 atom stereocenters. The first-order chi connectivity index (χ1) is 70.6. The highest BCUT2D eigenvalue weighted by Gasteiger charge is 2.28. The van der Waals surface area contributed by atoms with E-state index in [0.717, 1.165) is 139 Å². The number of H-pyrrole nitrogens is 4. The minimum Gasteiger partial charge on any atom is -0.385 e. The third-order valence-corrected chi connectivity index (χ3v) is 34.5. The number of aromatic amines is 4. The molecule has 0 spiro atoms. The fraction of sp³-hybridized carbons (Fsp3) is 0.191. The van der Waals surface area contributed by atoms with Gasteiger partial charge in [0.15, 0.2) is 0 Å². The predicted octanol–water partition coefficient (Wildman–Crippen LogP) is 14.1. The van der Waals surface area contributed by atoms with Crippen LogP contribution in [-0.2, 0) is 40.1 Å². The average molecular weight is 2250 g/mol. The molecule has 1 aliphatic heterocycles. The minimum atomic E-state index is -4.08. The van der Waals surface area contributed by atoms with Crippen LogP contribution in [0.15, 0.2) is 274 Å². The fourth-order valence-electron chi connectivity index (χ4n) is 14.9. The van der Waals surface area contributed by atoms with Crippen LogP contribution >= 0.6 is 91.8 Å². The van der Waals surface area contributed by atoms with Gasteiger partial charge in [0.25, 0.3) is 62.3 Å². The van der Waals surface area contributed by atoms with Crippen molar-refractivity contribution >= 4 is 245 Å². The lowest BCUT2D eigenvalue weighted by Crippen LogP contribution is -2.34. The van der Waals surface area contributed by atoms with Crippen LogP contribution in [0.25, 0.3) is 66.4 Å². The van der Waals surface area contributed by atoms with E-state index < -0.39 is 109 Å². The molecule has 16 aromatic rings. The van der Waals surface area contributed by atoms with Crippen molar-refractivity contribution in [3.63, 3.8) is 0 Å². The number of carbonyl (C=O) groups is 4. The van der Waals surface area contributed by atoms with E-state index >= 15 is 0 Å². The number of thiophene rings is 4. The number of hydrogen-bond donors (Lipinski definition) is 16. The number of nitrogens with one attached hydrogen (secondary N) is 16. The molecule has 148 heavy (non-hydrogen) atoms. The van der Waals surface area contributed by atoms with Gasteiger partial charge >= 0.3 is 46.9 Å². The molecule has 0 unspecified atom stereocenters. The summed E-state index contributed by atoms with van der Waals surface area (Å²) < 4.78 is 110. The van der Waals surface area contributed by atoms with Crippen molar-refractivity contribution in [1.82, 2.24) is 66.9 Å². The van der Waals surface area contributed by atoms with Crippen molar-refractivity contribution in [3.8, 4) is 22.7 Å². The molecule has 8 aromatic heterocycles. The van der Waals surface area contributed by atoms with Gasteiger partial charge in [0.2, 0.25) is 0 Å². The number of aromatic nitrogens is 8. The predicted molar refractivity (Wildman–Crippen MR) is 581 cm³/mol. The van der Waals surface area contributed by atoms with Gasteiger partial charge in [0.05, 0.1) is 83.7 Å². The Morgan fingerprint density at radius 1 is 0.338 bits per heavy atom. The van der Waals surface area contributed by atoms with Gasteiger partial charge in [-0.15, -0.1) is 45.3 Å². The second kappa shape index (κ2) is 47.1. The zero-order valence-electron chi connectivity index (χ0n) is 77.9. The van der Waals surface area contributed by atoms with Gasteiger partial charge in [-0.05, 0) is 284 Å². The largest absolute Gasteiger partial charge is 0.385 e. The van der Waals surface area contributed by atoms with Crippen molar-refractivity contribution in [2.45, 2.75) is 62.3 Å². The van der Waals surface area contributed by atoms with Gasteiger partial charge < -0.3 is 72.3 Å². The molecule has 2 fully saturated rings. The smallest absolute Gasteiger partial charge is 0.333 e. The van der Waals surface area contributed by atoms with Gasteiger partial charge in [-0.1, -0.05) is 59.7 Å². The number of hydrogen-bond acceptors (Lipinski definition) is 30. The van der Waals surface area contributed by atoms with Crippen molar-refractivity contribution in [2.24, 2.45) is 5.92 Å². The number of benzene rings is 8. The monoisotopic (exact) mass is 2240 g/mol. The molecule has 0 bridgehead atoms. The first kappa shape index (κ1) is 108. The molecule has 1 aliphatic carbocycles. The Morgan fingerprint density at radius 2 is 0.595 bits per heavy atom. The van der Waals surface area contributed by atoms with E-state index in [0.29, 0.717) is 56.1 Å². The van der Waals surface area contributed by atoms with E-state index in [9.17, 15) is 91.2 Å². The average Bonchev–Trinajstić information content (AvgIpc) is 0.970. The van der Waals surface area contributed by atoms with E-state index in [1.807, 2.05) is 50.9 Å². The van der Waals surface area contributed by atoms with E-state index in [2.05, 4.69) is 67.4 Å². The maximum Gasteiger partial charge on any atom is 0.333 e. The number of fused-ring (bicyclic) bond motifs is 4. The third-order valence-electron chi connectivity index (χ3n) is 22.3. The van der Waals surface area contributed by atoms with Gasteiger partial charge in [-0.2, -0.15) is 0 Å². The molecule has 18 rings (SSSR count). The van der Waals surface area contributed by atoms with Crippen LogP contribution in [0.1, 0.15) is 45.4 Å². The Balaban J connectivity index is 0.000000148. The van der Waals surface area contributed by atoms with Crippen molar-refractivity contribution in [1.29, 1.82) is 0 Å². The summed E-state index contributed by atoms with van der Waals surface area (Å²) in [6, 6.07) is 50.9. The summed E-state index contributed by atoms with van der Waals surface area (Å²) in [4.78, 5) is 168. The summed E-state index contributed by atoms with van der Waals surface area (Å²) in [5, 5.41) is 24.1. The molecule has 9 heterocycles. The molecule has 0 radical (unpaired) electrons. The number of likely N-dealkylation sites (tertiary alicyclic amines) is 1. The van der Waals surface area contributed by atoms with Crippen molar-refractivity contribution in [2.75, 3.05) is 109 Å². The van der Waals surface area contributed by atoms with Crippen LogP contribution in [-0.4, -0.2) is 172 Å². The summed E-state index contributed by atoms with van der Waals surface area (Å²) >= 11 is 26.3. The minimum absolute atomic E-state index is 0.0984. The first-order valence-electron chi connectivity index (χ1n) is 44.9. The molecule has 2 aliphatic rings. The zero-order valence-corrected chi connectivity index (χ0v) is 87.4. The molecule has 54 heteroatoms. The second-order valence-corrected chi connectivity index (χ2v) is 47.8. The van der Waals surface area contributed by atoms with Crippen LogP contribution < -0.4 is 106 Å². The van der Waals surface area contributed by atoms with Gasteiger partial charge in [0, 0.05) is 84.8 Å². The fourth-order valence-corrected chi connectivity index (χ4v) is 24.5. The van der Waals surface area contributed by atoms with Crippen LogP contribution in [0.3, 0.4) is 0 Å². The zero-order chi connectivity index (χ0) is 106. The molecule has 8 aromatic carbocycles. The lowest BCUT2D eigenvalue weighted by molar-refractivity contribution is 0.237. The standard InChI is InChI=1S/C26H27ClN6O5S2.C23H23ClN6O5S2.C23H20ClN5O5S2.C22H20ClN5O5S2/c27-22-10-11-23(39-22)40(37,38)31-25(35)29-17-4-7-19(8-5-17)33-24(34)20-9-6-18(16-21(20)30-26(33)36)28-12-15-32-13-2-1-3-14-32;1-29(2)12-11-25-15-5-8-17-18(13-15)27-23(33)30(21(17)31)16-6-3-14(4-7-16)26-22(32)28-37(34,35)20-10-9-19(24)36-20;24-19-9-10-20(35-19)36(33,34)28-22(31)26-14-3-6-16(7-4-14)29-21(30)17-8-5-15(25-12-13-1-2-13)11-18(17)27-23(29)32;1-2-11-24-14-5-8-16-17(12-14)26-22(31)28(20(16)29)15-6-3-13(4-7-15)25-21(30)27-35(32,33)19-10-9-18(23)34-19/h4-11,16,28H,1-3,12-15H2,(H,30,36)(H2,29,31,35);3-10,13,25H,11-12H2,1-2H3,(H,27,33)(H2,26,28,32);3-11,13,25H,1-2,12H2,(H,27,32)(H2,26,28,31);3-10,12,24H,2,11H2,1H3,(H,26,31)(H2,25,27,30). The number of nitrogens with zero attached hydrogens (tertiary/aromatic N) is 6. The Morgan fingerprint density at radius 3 is 0.845 bits per heavy atom. The highest BCUT2D eigenvalue weighted by atomic mass is 35.5. The summed E-state index contributed by atoms with van der Waals surface area (Å²) in [5.74, 6) is 0.681. The van der Waals surface area contributed by atoms with Crippen molar-refractivity contribution in [3.05, 3.63) is 319 Å². The molecular weight excluding hydrogens is 2160 g/mol. The number of anilines is 8. The summed E-state index contributed by atoms with van der Waals surface area (Å²) in [7, 11) is -12.4. The highest BCUT2D eigenvalue weighted by Crippen LogP contribution is 2.33. The maximum atomic E-state index is 13.2. The Labute approximate surface area is 876 Å².